The molecule has 0 radical (unpaired) electrons. The molecule has 0 aromatic carbocycles. The van der Waals surface area contributed by atoms with Crippen LogP contribution < -0.4 is 0 Å². The van der Waals surface area contributed by atoms with Crippen molar-refractivity contribution in [3.8, 4) is 18.4 Å². The number of unbranched alkanes of at least 4 members (excludes halogenated alkanes) is 1. The molecule has 0 aliphatic rings. The SMILES string of the molecule is C#CCC/C=C/C#N. The molecule has 0 aliphatic heterocycles. The van der Waals surface area contributed by atoms with Crippen molar-refractivity contribution in [2.45, 2.75) is 12.8 Å². The lowest BCUT2D eigenvalue weighted by Gasteiger charge is -1.75. The number of terminal acetylenes is 1. The second kappa shape index (κ2) is 5.79. The second-order valence-corrected chi connectivity index (χ2v) is 1.27. The molecule has 1 nitrogen and oxygen atoms in total. The summed E-state index contributed by atoms with van der Waals surface area (Å²) in [6.07, 6.45) is 9.68. The number of allylic oxidation sites excluding steroid dienone is 2. The smallest absolute Gasteiger partial charge is 0.0908 e. The summed E-state index contributed by atoms with van der Waals surface area (Å²) in [5.41, 5.74) is 0. The van der Waals surface area contributed by atoms with Crippen molar-refractivity contribution < 1.29 is 0 Å². The van der Waals surface area contributed by atoms with Crippen molar-refractivity contribution in [1.82, 2.24) is 0 Å². The van der Waals surface area contributed by atoms with E-state index in [1.54, 1.807) is 6.08 Å². The average Bonchev–Trinajstić information content (AvgIpc) is 1.81. The van der Waals surface area contributed by atoms with Gasteiger partial charge in [0.2, 0.25) is 0 Å². The van der Waals surface area contributed by atoms with Gasteiger partial charge in [0.05, 0.1) is 6.07 Å². The van der Waals surface area contributed by atoms with Gasteiger partial charge in [-0.2, -0.15) is 5.26 Å². The van der Waals surface area contributed by atoms with Gasteiger partial charge in [0.15, 0.2) is 0 Å². The highest BCUT2D eigenvalue weighted by molar-refractivity contribution is 5.02. The average molecular weight is 105 g/mol. The zero-order valence-corrected chi connectivity index (χ0v) is 4.59. The quantitative estimate of drug-likeness (QED) is 0.296. The van der Waals surface area contributed by atoms with E-state index in [9.17, 15) is 0 Å². The van der Waals surface area contributed by atoms with Gasteiger partial charge in [-0.1, -0.05) is 6.08 Å². The fourth-order valence-electron chi connectivity index (χ4n) is 0.303. The summed E-state index contributed by atoms with van der Waals surface area (Å²) < 4.78 is 0. The molecule has 0 bridgehead atoms. The van der Waals surface area contributed by atoms with Crippen LogP contribution in [0.15, 0.2) is 12.2 Å². The van der Waals surface area contributed by atoms with E-state index in [1.165, 1.54) is 6.08 Å². The summed E-state index contributed by atoms with van der Waals surface area (Å²) in [5, 5.41) is 7.98. The van der Waals surface area contributed by atoms with Gasteiger partial charge in [0.1, 0.15) is 0 Å². The van der Waals surface area contributed by atoms with E-state index < -0.39 is 0 Å². The first-order chi connectivity index (χ1) is 3.91. The normalized spacial score (nSPS) is 8.25. The van der Waals surface area contributed by atoms with Crippen molar-refractivity contribution in [3.05, 3.63) is 12.2 Å². The number of hydrogen-bond acceptors (Lipinski definition) is 1. The van der Waals surface area contributed by atoms with E-state index >= 15 is 0 Å². The van der Waals surface area contributed by atoms with Crippen LogP contribution in [0.25, 0.3) is 0 Å². The predicted molar refractivity (Wildman–Crippen MR) is 32.8 cm³/mol. The van der Waals surface area contributed by atoms with Crippen LogP contribution in [-0.4, -0.2) is 0 Å². The molecule has 0 fully saturated rings. The van der Waals surface area contributed by atoms with Crippen molar-refractivity contribution >= 4 is 0 Å². The maximum Gasteiger partial charge on any atom is 0.0908 e. The molecule has 8 heavy (non-hydrogen) atoms. The lowest BCUT2D eigenvalue weighted by Crippen LogP contribution is -1.60. The van der Waals surface area contributed by atoms with Crippen LogP contribution in [0.1, 0.15) is 12.8 Å². The second-order valence-electron chi connectivity index (χ2n) is 1.27. The van der Waals surface area contributed by atoms with E-state index in [0.717, 1.165) is 12.8 Å². The van der Waals surface area contributed by atoms with Crippen LogP contribution in [0.5, 0.6) is 0 Å². The lowest BCUT2D eigenvalue weighted by atomic mass is 10.3. The Hall–Kier alpha value is -1.21. The minimum atomic E-state index is 0.720. The Kier molecular flexibility index (Phi) is 4.91. The summed E-state index contributed by atoms with van der Waals surface area (Å²) in [6, 6.07) is 1.88. The summed E-state index contributed by atoms with van der Waals surface area (Å²) in [5.74, 6) is 2.47. The van der Waals surface area contributed by atoms with Gasteiger partial charge in [-0.05, 0) is 6.42 Å². The summed E-state index contributed by atoms with van der Waals surface area (Å²) in [6.45, 7) is 0. The molecule has 0 heterocycles. The molecule has 0 rings (SSSR count). The van der Waals surface area contributed by atoms with Crippen LogP contribution in [0.2, 0.25) is 0 Å². The molecule has 0 aliphatic carbocycles. The Bertz CT molecular complexity index is 143. The highest BCUT2D eigenvalue weighted by Gasteiger charge is 1.70. The summed E-state index contributed by atoms with van der Waals surface area (Å²) >= 11 is 0. The first-order valence-electron chi connectivity index (χ1n) is 2.40. The van der Waals surface area contributed by atoms with Gasteiger partial charge in [-0.15, -0.1) is 12.3 Å². The molecule has 0 aromatic rings. The molecular weight excluding hydrogens is 98.1 g/mol. The first-order valence-corrected chi connectivity index (χ1v) is 2.40. The molecule has 0 amide bonds. The van der Waals surface area contributed by atoms with Gasteiger partial charge < -0.3 is 0 Å². The van der Waals surface area contributed by atoms with Crippen molar-refractivity contribution in [3.63, 3.8) is 0 Å². The Morgan fingerprint density at radius 3 is 2.88 bits per heavy atom. The van der Waals surface area contributed by atoms with Crippen LogP contribution >= 0.6 is 0 Å². The van der Waals surface area contributed by atoms with E-state index in [4.69, 9.17) is 11.7 Å². The zero-order valence-electron chi connectivity index (χ0n) is 4.59. The van der Waals surface area contributed by atoms with Crippen molar-refractivity contribution in [2.24, 2.45) is 0 Å². The van der Waals surface area contributed by atoms with E-state index in [1.807, 2.05) is 6.07 Å². The van der Waals surface area contributed by atoms with Gasteiger partial charge >= 0.3 is 0 Å². The Labute approximate surface area is 49.6 Å². The highest BCUT2D eigenvalue weighted by Crippen LogP contribution is 1.85. The number of nitriles is 1. The monoisotopic (exact) mass is 105 g/mol. The first kappa shape index (κ1) is 6.79. The Morgan fingerprint density at radius 1 is 1.62 bits per heavy atom. The van der Waals surface area contributed by atoms with Gasteiger partial charge in [0, 0.05) is 12.5 Å². The highest BCUT2D eigenvalue weighted by atomic mass is 14.2. The standard InChI is InChI=1S/C7H7N/c1-2-3-4-5-6-7-8/h1,5-6H,3-4H2/b6-5+. The van der Waals surface area contributed by atoms with E-state index in [-0.39, 0.29) is 0 Å². The fraction of sp³-hybridized carbons (Fsp3) is 0.286. The largest absolute Gasteiger partial charge is 0.193 e. The molecule has 40 valence electrons. The molecule has 0 saturated carbocycles. The van der Waals surface area contributed by atoms with Crippen molar-refractivity contribution in [1.29, 1.82) is 5.26 Å². The molecule has 0 N–H and O–H groups in total. The van der Waals surface area contributed by atoms with Gasteiger partial charge in [0.25, 0.3) is 0 Å². The van der Waals surface area contributed by atoms with Crippen LogP contribution in [0.3, 0.4) is 0 Å². The molecule has 0 saturated heterocycles. The van der Waals surface area contributed by atoms with E-state index in [2.05, 4.69) is 5.92 Å². The molecular formula is C7H7N. The van der Waals surface area contributed by atoms with Gasteiger partial charge in [-0.25, -0.2) is 0 Å². The lowest BCUT2D eigenvalue weighted by molar-refractivity contribution is 1.09. The molecule has 1 heteroatoms. The predicted octanol–water partition coefficient (Wildman–Crippen LogP) is 1.48. The number of nitrogens with zero attached hydrogens (tertiary/aromatic N) is 1. The van der Waals surface area contributed by atoms with Gasteiger partial charge in [-0.3, -0.25) is 0 Å². The van der Waals surface area contributed by atoms with Crippen LogP contribution in [0.4, 0.5) is 0 Å². The zero-order chi connectivity index (χ0) is 6.24. The minimum Gasteiger partial charge on any atom is -0.193 e. The topological polar surface area (TPSA) is 23.8 Å². The maximum absolute atomic E-state index is 7.98. The third-order valence-electron chi connectivity index (χ3n) is 0.648. The van der Waals surface area contributed by atoms with Crippen molar-refractivity contribution in [2.75, 3.05) is 0 Å². The maximum atomic E-state index is 7.98. The fourth-order valence-corrected chi connectivity index (χ4v) is 0.303. The third kappa shape index (κ3) is 4.79. The summed E-state index contributed by atoms with van der Waals surface area (Å²) in [7, 11) is 0. The molecule has 0 aromatic heterocycles. The minimum absolute atomic E-state index is 0.720. The molecule has 0 spiro atoms. The number of hydrogen-bond donors (Lipinski definition) is 0. The Balaban J connectivity index is 3.10. The number of rotatable bonds is 2. The van der Waals surface area contributed by atoms with Crippen LogP contribution in [0, 0.1) is 23.7 Å². The Morgan fingerprint density at radius 2 is 2.38 bits per heavy atom. The molecule has 0 atom stereocenters. The summed E-state index contributed by atoms with van der Waals surface area (Å²) in [4.78, 5) is 0. The third-order valence-corrected chi connectivity index (χ3v) is 0.648. The molecule has 0 unspecified atom stereocenters. The van der Waals surface area contributed by atoms with E-state index in [0.29, 0.717) is 0 Å². The van der Waals surface area contributed by atoms with Crippen LogP contribution in [-0.2, 0) is 0 Å².